The molecule has 2 amide bonds. The van der Waals surface area contributed by atoms with Crippen LogP contribution in [-0.4, -0.2) is 18.4 Å². The molecule has 0 heterocycles. The summed E-state index contributed by atoms with van der Waals surface area (Å²) >= 11 is 0. The SMILES string of the molecule is CCOc1ccc(C(=O)Nc2ccccc2C(N)=O)cc1C. The summed E-state index contributed by atoms with van der Waals surface area (Å²) in [6, 6.07) is 11.8. The van der Waals surface area contributed by atoms with E-state index in [4.69, 9.17) is 10.5 Å². The predicted molar refractivity (Wildman–Crippen MR) is 85.3 cm³/mol. The summed E-state index contributed by atoms with van der Waals surface area (Å²) in [5, 5.41) is 2.71. The maximum absolute atomic E-state index is 12.3. The van der Waals surface area contributed by atoms with Gasteiger partial charge in [0.1, 0.15) is 5.75 Å². The zero-order chi connectivity index (χ0) is 16.1. The highest BCUT2D eigenvalue weighted by Gasteiger charge is 2.12. The summed E-state index contributed by atoms with van der Waals surface area (Å²) in [6.45, 7) is 4.35. The van der Waals surface area contributed by atoms with E-state index in [2.05, 4.69) is 5.32 Å². The van der Waals surface area contributed by atoms with Crippen LogP contribution in [0.5, 0.6) is 5.75 Å². The van der Waals surface area contributed by atoms with Crippen molar-refractivity contribution < 1.29 is 14.3 Å². The van der Waals surface area contributed by atoms with Crippen molar-refractivity contribution in [2.45, 2.75) is 13.8 Å². The highest BCUT2D eigenvalue weighted by molar-refractivity contribution is 6.08. The molecular weight excluding hydrogens is 280 g/mol. The summed E-state index contributed by atoms with van der Waals surface area (Å²) in [4.78, 5) is 23.7. The van der Waals surface area contributed by atoms with Crippen LogP contribution in [0.15, 0.2) is 42.5 Å². The molecular formula is C17H18N2O3. The van der Waals surface area contributed by atoms with Gasteiger partial charge >= 0.3 is 0 Å². The van der Waals surface area contributed by atoms with Gasteiger partial charge in [0.2, 0.25) is 0 Å². The molecule has 0 aliphatic carbocycles. The van der Waals surface area contributed by atoms with E-state index in [1.165, 1.54) is 0 Å². The molecule has 0 saturated heterocycles. The van der Waals surface area contributed by atoms with Crippen molar-refractivity contribution in [1.29, 1.82) is 0 Å². The van der Waals surface area contributed by atoms with Gasteiger partial charge in [-0.2, -0.15) is 0 Å². The molecule has 0 radical (unpaired) electrons. The second-order valence-corrected chi connectivity index (χ2v) is 4.78. The molecule has 0 atom stereocenters. The van der Waals surface area contributed by atoms with Gasteiger partial charge in [-0.1, -0.05) is 12.1 Å². The second-order valence-electron chi connectivity index (χ2n) is 4.78. The number of para-hydroxylation sites is 1. The first kappa shape index (κ1) is 15.6. The van der Waals surface area contributed by atoms with Gasteiger partial charge < -0.3 is 15.8 Å². The molecule has 5 nitrogen and oxygen atoms in total. The summed E-state index contributed by atoms with van der Waals surface area (Å²) in [7, 11) is 0. The van der Waals surface area contributed by atoms with Gasteiger partial charge in [-0.15, -0.1) is 0 Å². The van der Waals surface area contributed by atoms with Crippen LogP contribution in [-0.2, 0) is 0 Å². The van der Waals surface area contributed by atoms with Crippen LogP contribution in [0.25, 0.3) is 0 Å². The van der Waals surface area contributed by atoms with Gasteiger partial charge in [-0.3, -0.25) is 9.59 Å². The minimum Gasteiger partial charge on any atom is -0.494 e. The first-order chi connectivity index (χ1) is 10.5. The quantitative estimate of drug-likeness (QED) is 0.890. The maximum Gasteiger partial charge on any atom is 0.255 e. The standard InChI is InChI=1S/C17H18N2O3/c1-3-22-15-9-8-12(10-11(15)2)17(21)19-14-7-5-4-6-13(14)16(18)20/h4-10H,3H2,1-2H3,(H2,18,20)(H,19,21). The predicted octanol–water partition coefficient (Wildman–Crippen LogP) is 2.74. The third-order valence-corrected chi connectivity index (χ3v) is 3.18. The number of nitrogens with one attached hydrogen (secondary N) is 1. The lowest BCUT2D eigenvalue weighted by Gasteiger charge is -2.11. The Hall–Kier alpha value is -2.82. The molecule has 0 fully saturated rings. The van der Waals surface area contributed by atoms with Crippen LogP contribution in [0.2, 0.25) is 0 Å². The molecule has 0 spiro atoms. The molecule has 2 rings (SSSR count). The fourth-order valence-corrected chi connectivity index (χ4v) is 2.11. The number of hydrogen-bond acceptors (Lipinski definition) is 3. The average Bonchev–Trinajstić information content (AvgIpc) is 2.49. The van der Waals surface area contributed by atoms with E-state index < -0.39 is 5.91 Å². The number of rotatable bonds is 5. The summed E-state index contributed by atoms with van der Waals surface area (Å²) in [6.07, 6.45) is 0. The average molecular weight is 298 g/mol. The fraction of sp³-hybridized carbons (Fsp3) is 0.176. The van der Waals surface area contributed by atoms with Crippen LogP contribution >= 0.6 is 0 Å². The number of amides is 2. The van der Waals surface area contributed by atoms with E-state index in [1.54, 1.807) is 42.5 Å². The fourth-order valence-electron chi connectivity index (χ4n) is 2.11. The van der Waals surface area contributed by atoms with Crippen molar-refractivity contribution in [3.8, 4) is 5.75 Å². The zero-order valence-electron chi connectivity index (χ0n) is 12.6. The minimum atomic E-state index is -0.584. The number of primary amides is 1. The Morgan fingerprint density at radius 2 is 1.91 bits per heavy atom. The van der Waals surface area contributed by atoms with Crippen molar-refractivity contribution in [3.63, 3.8) is 0 Å². The van der Waals surface area contributed by atoms with Gasteiger partial charge in [-0.05, 0) is 49.7 Å². The highest BCUT2D eigenvalue weighted by atomic mass is 16.5. The number of aryl methyl sites for hydroxylation is 1. The van der Waals surface area contributed by atoms with E-state index in [0.717, 1.165) is 11.3 Å². The number of ether oxygens (including phenoxy) is 1. The van der Waals surface area contributed by atoms with Gasteiger partial charge in [0.25, 0.3) is 11.8 Å². The van der Waals surface area contributed by atoms with Crippen LogP contribution in [0.1, 0.15) is 33.2 Å². The smallest absolute Gasteiger partial charge is 0.255 e. The first-order valence-electron chi connectivity index (χ1n) is 6.96. The molecule has 3 N–H and O–H groups in total. The highest BCUT2D eigenvalue weighted by Crippen LogP contribution is 2.21. The van der Waals surface area contributed by atoms with Crippen LogP contribution in [0, 0.1) is 6.92 Å². The maximum atomic E-state index is 12.3. The van der Waals surface area contributed by atoms with E-state index in [0.29, 0.717) is 17.9 Å². The molecule has 114 valence electrons. The Morgan fingerprint density at radius 3 is 2.55 bits per heavy atom. The Labute approximate surface area is 129 Å². The minimum absolute atomic E-state index is 0.276. The van der Waals surface area contributed by atoms with Crippen LogP contribution in [0.3, 0.4) is 0 Å². The molecule has 0 bridgehead atoms. The van der Waals surface area contributed by atoms with Crippen molar-refractivity contribution in [3.05, 3.63) is 59.2 Å². The Morgan fingerprint density at radius 1 is 1.18 bits per heavy atom. The molecule has 2 aromatic carbocycles. The molecule has 0 aliphatic rings. The molecule has 0 unspecified atom stereocenters. The van der Waals surface area contributed by atoms with Crippen molar-refractivity contribution in [2.24, 2.45) is 5.73 Å². The number of carbonyl (C=O) groups excluding carboxylic acids is 2. The molecule has 22 heavy (non-hydrogen) atoms. The van der Waals surface area contributed by atoms with Gasteiger partial charge in [0.15, 0.2) is 0 Å². The summed E-state index contributed by atoms with van der Waals surface area (Å²) < 4.78 is 5.45. The number of anilines is 1. The Bertz CT molecular complexity index is 711. The van der Waals surface area contributed by atoms with Crippen molar-refractivity contribution >= 4 is 17.5 Å². The monoisotopic (exact) mass is 298 g/mol. The van der Waals surface area contributed by atoms with Gasteiger partial charge in [0.05, 0.1) is 17.9 Å². The lowest BCUT2D eigenvalue weighted by Crippen LogP contribution is -2.18. The van der Waals surface area contributed by atoms with Gasteiger partial charge in [-0.25, -0.2) is 0 Å². The largest absolute Gasteiger partial charge is 0.494 e. The Kier molecular flexibility index (Phi) is 4.78. The Balaban J connectivity index is 2.23. The molecule has 5 heteroatoms. The van der Waals surface area contributed by atoms with Crippen molar-refractivity contribution in [1.82, 2.24) is 0 Å². The number of benzene rings is 2. The third kappa shape index (κ3) is 3.44. The molecule has 0 aliphatic heterocycles. The summed E-state index contributed by atoms with van der Waals surface area (Å²) in [5.74, 6) is -0.143. The lowest BCUT2D eigenvalue weighted by molar-refractivity contribution is 0.100. The summed E-state index contributed by atoms with van der Waals surface area (Å²) in [5.41, 5.74) is 7.33. The van der Waals surface area contributed by atoms with Crippen molar-refractivity contribution in [2.75, 3.05) is 11.9 Å². The number of hydrogen-bond donors (Lipinski definition) is 2. The normalized spacial score (nSPS) is 10.1. The lowest BCUT2D eigenvalue weighted by atomic mass is 10.1. The molecule has 0 aromatic heterocycles. The van der Waals surface area contributed by atoms with Crippen LogP contribution < -0.4 is 15.8 Å². The first-order valence-corrected chi connectivity index (χ1v) is 6.96. The zero-order valence-corrected chi connectivity index (χ0v) is 12.6. The number of carbonyl (C=O) groups is 2. The van der Waals surface area contributed by atoms with E-state index in [9.17, 15) is 9.59 Å². The van der Waals surface area contributed by atoms with Gasteiger partial charge in [0, 0.05) is 5.56 Å². The second kappa shape index (κ2) is 6.76. The molecule has 2 aromatic rings. The third-order valence-electron chi connectivity index (χ3n) is 3.18. The molecule has 0 saturated carbocycles. The van der Waals surface area contributed by atoms with E-state index in [-0.39, 0.29) is 11.5 Å². The number of nitrogens with two attached hydrogens (primary N) is 1. The topological polar surface area (TPSA) is 81.4 Å². The van der Waals surface area contributed by atoms with E-state index in [1.807, 2.05) is 13.8 Å². The van der Waals surface area contributed by atoms with Crippen LogP contribution in [0.4, 0.5) is 5.69 Å². The van der Waals surface area contributed by atoms with E-state index >= 15 is 0 Å².